The number of likely N-dealkylation sites (tertiary alicyclic amines) is 1. The molecule has 1 aliphatic heterocycles. The summed E-state index contributed by atoms with van der Waals surface area (Å²) in [6, 6.07) is 6.50. The van der Waals surface area contributed by atoms with Crippen molar-refractivity contribution in [2.45, 2.75) is 32.4 Å². The van der Waals surface area contributed by atoms with Gasteiger partial charge in [0.05, 0.1) is 7.11 Å². The van der Waals surface area contributed by atoms with Crippen molar-refractivity contribution in [2.75, 3.05) is 25.5 Å². The molecule has 2 rings (SSSR count). The minimum Gasteiger partial charge on any atom is -0.504 e. The number of nitrogens with one attached hydrogen (secondary N) is 1. The van der Waals surface area contributed by atoms with Crippen LogP contribution in [0, 0.1) is 0 Å². The molecule has 0 amide bonds. The predicted molar refractivity (Wildman–Crippen MR) is 73.4 cm³/mol. The van der Waals surface area contributed by atoms with Crippen LogP contribution in [0.2, 0.25) is 0 Å². The molecule has 1 aromatic rings. The van der Waals surface area contributed by atoms with Gasteiger partial charge >= 0.3 is 0 Å². The number of hydrogen-bond donors (Lipinski definition) is 2. The average Bonchev–Trinajstić information content (AvgIpc) is 2.78. The Hall–Kier alpha value is -1.42. The topological polar surface area (TPSA) is 44.7 Å². The average molecular weight is 250 g/mol. The first-order chi connectivity index (χ1) is 8.60. The fraction of sp³-hybridized carbons (Fsp3) is 0.571. The molecule has 18 heavy (non-hydrogen) atoms. The number of phenolic OH excluding ortho intramolecular Hbond substituents is 1. The lowest BCUT2D eigenvalue weighted by atomic mass is 10.2. The Balaban J connectivity index is 1.96. The number of rotatable bonds is 4. The molecular formula is C14H22N2O2. The molecule has 0 radical (unpaired) electrons. The second kappa shape index (κ2) is 5.48. The van der Waals surface area contributed by atoms with Crippen molar-refractivity contribution in [1.29, 1.82) is 0 Å². The number of hydrogen-bond acceptors (Lipinski definition) is 4. The van der Waals surface area contributed by atoms with E-state index in [1.165, 1.54) is 0 Å². The van der Waals surface area contributed by atoms with Crippen molar-refractivity contribution in [1.82, 2.24) is 4.90 Å². The molecule has 1 saturated heterocycles. The summed E-state index contributed by atoms with van der Waals surface area (Å²) in [6.07, 6.45) is 1.14. The standard InChI is InChI=1S/C14H22N2O2/c1-10(2)16-7-6-12(9-16)15-11-4-5-14(18-3)13(17)8-11/h4-5,8,10,12,15,17H,6-7,9H2,1-3H3. The van der Waals surface area contributed by atoms with Gasteiger partial charge in [0.2, 0.25) is 0 Å². The smallest absolute Gasteiger partial charge is 0.160 e. The van der Waals surface area contributed by atoms with E-state index in [2.05, 4.69) is 24.1 Å². The highest BCUT2D eigenvalue weighted by Crippen LogP contribution is 2.29. The van der Waals surface area contributed by atoms with Gasteiger partial charge in [-0.25, -0.2) is 0 Å². The van der Waals surface area contributed by atoms with E-state index in [1.807, 2.05) is 6.07 Å². The first-order valence-corrected chi connectivity index (χ1v) is 6.47. The second-order valence-corrected chi connectivity index (χ2v) is 5.11. The Labute approximate surface area is 109 Å². The molecule has 1 heterocycles. The molecular weight excluding hydrogens is 228 g/mol. The van der Waals surface area contributed by atoms with Crippen molar-refractivity contribution < 1.29 is 9.84 Å². The Bertz CT molecular complexity index is 407. The fourth-order valence-corrected chi connectivity index (χ4v) is 2.39. The maximum absolute atomic E-state index is 9.73. The summed E-state index contributed by atoms with van der Waals surface area (Å²) in [7, 11) is 1.56. The fourth-order valence-electron chi connectivity index (χ4n) is 2.39. The van der Waals surface area contributed by atoms with Gasteiger partial charge in [0, 0.05) is 36.9 Å². The summed E-state index contributed by atoms with van der Waals surface area (Å²) >= 11 is 0. The molecule has 2 N–H and O–H groups in total. The quantitative estimate of drug-likeness (QED) is 0.860. The number of ether oxygens (including phenoxy) is 1. The summed E-state index contributed by atoms with van der Waals surface area (Å²) in [4.78, 5) is 2.46. The minimum atomic E-state index is 0.182. The van der Waals surface area contributed by atoms with Gasteiger partial charge in [-0.3, -0.25) is 4.90 Å². The van der Waals surface area contributed by atoms with Gasteiger partial charge in [0.15, 0.2) is 11.5 Å². The second-order valence-electron chi connectivity index (χ2n) is 5.11. The molecule has 1 aromatic carbocycles. The Morgan fingerprint density at radius 1 is 1.44 bits per heavy atom. The largest absolute Gasteiger partial charge is 0.504 e. The van der Waals surface area contributed by atoms with E-state index < -0.39 is 0 Å². The molecule has 0 aromatic heterocycles. The third-order valence-electron chi connectivity index (χ3n) is 3.50. The van der Waals surface area contributed by atoms with Gasteiger partial charge in [-0.15, -0.1) is 0 Å². The highest BCUT2D eigenvalue weighted by molar-refractivity contribution is 5.54. The summed E-state index contributed by atoms with van der Waals surface area (Å²) in [5.74, 6) is 0.692. The zero-order valence-electron chi connectivity index (χ0n) is 11.3. The molecule has 100 valence electrons. The van der Waals surface area contributed by atoms with Crippen LogP contribution in [0.3, 0.4) is 0 Å². The predicted octanol–water partition coefficient (Wildman–Crippen LogP) is 2.30. The molecule has 1 unspecified atom stereocenters. The zero-order valence-corrected chi connectivity index (χ0v) is 11.3. The van der Waals surface area contributed by atoms with Gasteiger partial charge in [0.25, 0.3) is 0 Å². The molecule has 4 heteroatoms. The van der Waals surface area contributed by atoms with Crippen molar-refractivity contribution in [2.24, 2.45) is 0 Å². The first kappa shape index (κ1) is 13.0. The van der Waals surface area contributed by atoms with Crippen LogP contribution in [0.1, 0.15) is 20.3 Å². The molecule has 1 atom stereocenters. The Morgan fingerprint density at radius 3 is 2.78 bits per heavy atom. The molecule has 1 aliphatic rings. The summed E-state index contributed by atoms with van der Waals surface area (Å²) < 4.78 is 5.03. The number of benzene rings is 1. The third-order valence-corrected chi connectivity index (χ3v) is 3.50. The van der Waals surface area contributed by atoms with Crippen LogP contribution in [-0.4, -0.2) is 42.3 Å². The third kappa shape index (κ3) is 2.88. The normalized spacial score (nSPS) is 20.3. The van der Waals surface area contributed by atoms with E-state index >= 15 is 0 Å². The van der Waals surface area contributed by atoms with E-state index in [1.54, 1.807) is 19.2 Å². The van der Waals surface area contributed by atoms with Crippen LogP contribution >= 0.6 is 0 Å². The SMILES string of the molecule is COc1ccc(NC2CCN(C(C)C)C2)cc1O. The van der Waals surface area contributed by atoms with Crippen molar-refractivity contribution >= 4 is 5.69 Å². The van der Waals surface area contributed by atoms with E-state index in [9.17, 15) is 5.11 Å². The maximum atomic E-state index is 9.73. The van der Waals surface area contributed by atoms with Crippen LogP contribution in [0.5, 0.6) is 11.5 Å². The maximum Gasteiger partial charge on any atom is 0.160 e. The van der Waals surface area contributed by atoms with Gasteiger partial charge < -0.3 is 15.2 Å². The van der Waals surface area contributed by atoms with E-state index in [0.29, 0.717) is 17.8 Å². The summed E-state index contributed by atoms with van der Waals surface area (Å²) in [6.45, 7) is 6.64. The molecule has 1 fully saturated rings. The molecule has 0 saturated carbocycles. The lowest BCUT2D eigenvalue weighted by Gasteiger charge is -2.21. The molecule has 0 aliphatic carbocycles. The minimum absolute atomic E-state index is 0.182. The van der Waals surface area contributed by atoms with Crippen molar-refractivity contribution in [3.05, 3.63) is 18.2 Å². The van der Waals surface area contributed by atoms with Crippen LogP contribution in [0.15, 0.2) is 18.2 Å². The number of phenols is 1. The van der Waals surface area contributed by atoms with Crippen molar-refractivity contribution in [3.8, 4) is 11.5 Å². The molecule has 0 bridgehead atoms. The summed E-state index contributed by atoms with van der Waals surface area (Å²) in [5, 5.41) is 13.2. The monoisotopic (exact) mass is 250 g/mol. The van der Waals surface area contributed by atoms with E-state index in [-0.39, 0.29) is 5.75 Å². The van der Waals surface area contributed by atoms with E-state index in [4.69, 9.17) is 4.74 Å². The van der Waals surface area contributed by atoms with Gasteiger partial charge in [-0.2, -0.15) is 0 Å². The first-order valence-electron chi connectivity index (χ1n) is 6.47. The number of anilines is 1. The van der Waals surface area contributed by atoms with Gasteiger partial charge in [0.1, 0.15) is 0 Å². The summed E-state index contributed by atoms with van der Waals surface area (Å²) in [5.41, 5.74) is 0.948. The Morgan fingerprint density at radius 2 is 2.22 bits per heavy atom. The number of methoxy groups -OCH3 is 1. The Kier molecular flexibility index (Phi) is 3.97. The van der Waals surface area contributed by atoms with E-state index in [0.717, 1.165) is 25.2 Å². The van der Waals surface area contributed by atoms with Crippen LogP contribution in [-0.2, 0) is 0 Å². The molecule has 0 spiro atoms. The lowest BCUT2D eigenvalue weighted by molar-refractivity contribution is 0.274. The highest BCUT2D eigenvalue weighted by atomic mass is 16.5. The zero-order chi connectivity index (χ0) is 13.1. The van der Waals surface area contributed by atoms with Crippen LogP contribution in [0.4, 0.5) is 5.69 Å². The lowest BCUT2D eigenvalue weighted by Crippen LogP contribution is -2.31. The van der Waals surface area contributed by atoms with Crippen LogP contribution < -0.4 is 10.1 Å². The molecule has 4 nitrogen and oxygen atoms in total. The van der Waals surface area contributed by atoms with Gasteiger partial charge in [-0.05, 0) is 32.4 Å². The van der Waals surface area contributed by atoms with Gasteiger partial charge in [-0.1, -0.05) is 0 Å². The number of nitrogens with zero attached hydrogens (tertiary/aromatic N) is 1. The highest BCUT2D eigenvalue weighted by Gasteiger charge is 2.23. The number of aromatic hydroxyl groups is 1. The van der Waals surface area contributed by atoms with Crippen molar-refractivity contribution in [3.63, 3.8) is 0 Å². The van der Waals surface area contributed by atoms with Crippen LogP contribution in [0.25, 0.3) is 0 Å².